The maximum Gasteiger partial charge on any atom is 0.0862 e. The molecular formula is C14H27N5O2. The summed E-state index contributed by atoms with van der Waals surface area (Å²) in [5, 5.41) is 24.0. The standard InChI is InChI=1S/C14H27N5O2/c1-14(2,21)11-18-5-3-17(4-6-18)9-13(20)10-19-8-12(15)7-16-19/h7-8,13,20-21H,3-6,9-11,15H2,1-2H3. The smallest absolute Gasteiger partial charge is 0.0862 e. The van der Waals surface area contributed by atoms with Gasteiger partial charge in [-0.25, -0.2) is 0 Å². The van der Waals surface area contributed by atoms with Gasteiger partial charge in [-0.15, -0.1) is 0 Å². The summed E-state index contributed by atoms with van der Waals surface area (Å²) in [6, 6.07) is 0. The second kappa shape index (κ2) is 6.74. The van der Waals surface area contributed by atoms with Crippen molar-refractivity contribution < 1.29 is 10.2 Å². The number of hydrogen-bond acceptors (Lipinski definition) is 6. The van der Waals surface area contributed by atoms with Gasteiger partial charge in [-0.2, -0.15) is 5.10 Å². The fraction of sp³-hybridized carbons (Fsp3) is 0.786. The molecule has 0 saturated carbocycles. The molecule has 1 aromatic heterocycles. The Labute approximate surface area is 125 Å². The van der Waals surface area contributed by atoms with Crippen LogP contribution in [0.3, 0.4) is 0 Å². The highest BCUT2D eigenvalue weighted by atomic mass is 16.3. The van der Waals surface area contributed by atoms with Crippen molar-refractivity contribution >= 4 is 5.69 Å². The van der Waals surface area contributed by atoms with Crippen molar-refractivity contribution in [1.29, 1.82) is 0 Å². The lowest BCUT2D eigenvalue weighted by atomic mass is 10.1. The van der Waals surface area contributed by atoms with Gasteiger partial charge in [0.05, 0.1) is 30.1 Å². The van der Waals surface area contributed by atoms with E-state index in [1.54, 1.807) is 17.1 Å². The zero-order valence-electron chi connectivity index (χ0n) is 12.9. The van der Waals surface area contributed by atoms with Crippen LogP contribution in [0, 0.1) is 0 Å². The fourth-order valence-corrected chi connectivity index (χ4v) is 2.73. The number of aliphatic hydroxyl groups excluding tert-OH is 1. The summed E-state index contributed by atoms with van der Waals surface area (Å²) >= 11 is 0. The van der Waals surface area contributed by atoms with Crippen LogP contribution in [0.15, 0.2) is 12.4 Å². The number of piperazine rings is 1. The Morgan fingerprint density at radius 1 is 1.24 bits per heavy atom. The molecule has 0 amide bonds. The zero-order chi connectivity index (χ0) is 15.5. The molecule has 1 aliphatic heterocycles. The number of aliphatic hydroxyl groups is 2. The minimum atomic E-state index is -0.651. The molecule has 7 heteroatoms. The lowest BCUT2D eigenvalue weighted by Crippen LogP contribution is -2.52. The Balaban J connectivity index is 1.70. The van der Waals surface area contributed by atoms with Crippen molar-refractivity contribution in [3.8, 4) is 0 Å². The minimum absolute atomic E-state index is 0.454. The Hall–Kier alpha value is -1.15. The first-order valence-electron chi connectivity index (χ1n) is 7.45. The van der Waals surface area contributed by atoms with Crippen molar-refractivity contribution in [2.24, 2.45) is 0 Å². The predicted octanol–water partition coefficient (Wildman–Crippen LogP) is -0.785. The summed E-state index contributed by atoms with van der Waals surface area (Å²) < 4.78 is 1.67. The number of nitrogen functional groups attached to an aromatic ring is 1. The molecule has 0 bridgehead atoms. The van der Waals surface area contributed by atoms with Gasteiger partial charge in [-0.1, -0.05) is 0 Å². The average Bonchev–Trinajstić information content (AvgIpc) is 2.75. The van der Waals surface area contributed by atoms with Gasteiger partial charge in [0, 0.05) is 45.5 Å². The van der Waals surface area contributed by atoms with Crippen LogP contribution in [0.25, 0.3) is 0 Å². The van der Waals surface area contributed by atoms with Crippen molar-refractivity contribution in [1.82, 2.24) is 19.6 Å². The second-order valence-corrected chi connectivity index (χ2v) is 6.54. The van der Waals surface area contributed by atoms with E-state index in [0.29, 0.717) is 25.3 Å². The Bertz CT molecular complexity index is 435. The Kier molecular flexibility index (Phi) is 5.21. The predicted molar refractivity (Wildman–Crippen MR) is 81.8 cm³/mol. The Morgan fingerprint density at radius 3 is 2.38 bits per heavy atom. The van der Waals surface area contributed by atoms with E-state index in [1.807, 2.05) is 13.8 Å². The molecule has 1 atom stereocenters. The van der Waals surface area contributed by atoms with Crippen LogP contribution < -0.4 is 5.73 Å². The number of aromatic nitrogens is 2. The topological polar surface area (TPSA) is 90.8 Å². The van der Waals surface area contributed by atoms with Crippen LogP contribution in [0.4, 0.5) is 5.69 Å². The number of nitrogens with zero attached hydrogens (tertiary/aromatic N) is 4. The summed E-state index contributed by atoms with van der Waals surface area (Å²) in [6.45, 7) is 9.12. The third kappa shape index (κ3) is 5.62. The second-order valence-electron chi connectivity index (χ2n) is 6.54. The molecule has 1 fully saturated rings. The number of nitrogens with two attached hydrogens (primary N) is 1. The first-order chi connectivity index (χ1) is 9.82. The molecule has 0 aliphatic carbocycles. The summed E-state index contributed by atoms with van der Waals surface area (Å²) in [4.78, 5) is 4.51. The molecular weight excluding hydrogens is 270 g/mol. The van der Waals surface area contributed by atoms with E-state index in [9.17, 15) is 10.2 Å². The lowest BCUT2D eigenvalue weighted by molar-refractivity contribution is 0.00844. The molecule has 0 spiro atoms. The van der Waals surface area contributed by atoms with Gasteiger partial charge in [0.1, 0.15) is 0 Å². The molecule has 1 unspecified atom stereocenters. The summed E-state index contributed by atoms with van der Waals surface area (Å²) in [6.07, 6.45) is 2.86. The number of hydrogen-bond donors (Lipinski definition) is 3. The third-order valence-corrected chi connectivity index (χ3v) is 3.60. The van der Waals surface area contributed by atoms with Crippen molar-refractivity contribution in [3.05, 3.63) is 12.4 Å². The quantitative estimate of drug-likeness (QED) is 0.638. The average molecular weight is 297 g/mol. The monoisotopic (exact) mass is 297 g/mol. The van der Waals surface area contributed by atoms with Gasteiger partial charge in [-0.05, 0) is 13.8 Å². The molecule has 0 aromatic carbocycles. The van der Waals surface area contributed by atoms with E-state index in [4.69, 9.17) is 5.73 Å². The van der Waals surface area contributed by atoms with Crippen LogP contribution >= 0.6 is 0 Å². The zero-order valence-corrected chi connectivity index (χ0v) is 12.9. The lowest BCUT2D eigenvalue weighted by Gasteiger charge is -2.37. The van der Waals surface area contributed by atoms with E-state index in [2.05, 4.69) is 14.9 Å². The van der Waals surface area contributed by atoms with Crippen molar-refractivity contribution in [2.45, 2.75) is 32.1 Å². The van der Waals surface area contributed by atoms with Gasteiger partial charge in [0.15, 0.2) is 0 Å². The molecule has 7 nitrogen and oxygen atoms in total. The normalized spacial score (nSPS) is 19.8. The van der Waals surface area contributed by atoms with Crippen LogP contribution in [0.5, 0.6) is 0 Å². The largest absolute Gasteiger partial charge is 0.396 e. The maximum absolute atomic E-state index is 10.1. The first kappa shape index (κ1) is 16.2. The van der Waals surface area contributed by atoms with E-state index < -0.39 is 11.7 Å². The number of β-amino-alcohol motifs (C(OH)–C–C–N with tert-alkyl or cyclic N) is 2. The molecule has 1 aromatic rings. The van der Waals surface area contributed by atoms with Crippen molar-refractivity contribution in [3.63, 3.8) is 0 Å². The molecule has 2 rings (SSSR count). The molecule has 120 valence electrons. The molecule has 1 saturated heterocycles. The summed E-state index contributed by atoms with van der Waals surface area (Å²) in [7, 11) is 0. The van der Waals surface area contributed by atoms with Crippen LogP contribution in [0.2, 0.25) is 0 Å². The van der Waals surface area contributed by atoms with Crippen LogP contribution in [0.1, 0.15) is 13.8 Å². The van der Waals surface area contributed by atoms with E-state index in [1.165, 1.54) is 0 Å². The Morgan fingerprint density at radius 2 is 1.86 bits per heavy atom. The van der Waals surface area contributed by atoms with E-state index in [-0.39, 0.29) is 0 Å². The third-order valence-electron chi connectivity index (χ3n) is 3.60. The van der Waals surface area contributed by atoms with Gasteiger partial charge >= 0.3 is 0 Å². The fourth-order valence-electron chi connectivity index (χ4n) is 2.73. The van der Waals surface area contributed by atoms with E-state index in [0.717, 1.165) is 26.2 Å². The summed E-state index contributed by atoms with van der Waals surface area (Å²) in [5.74, 6) is 0. The van der Waals surface area contributed by atoms with Gasteiger partial charge in [-0.3, -0.25) is 14.5 Å². The molecule has 2 heterocycles. The van der Waals surface area contributed by atoms with Gasteiger partial charge in [0.2, 0.25) is 0 Å². The number of anilines is 1. The van der Waals surface area contributed by atoms with E-state index >= 15 is 0 Å². The highest BCUT2D eigenvalue weighted by Crippen LogP contribution is 2.09. The first-order valence-corrected chi connectivity index (χ1v) is 7.45. The number of rotatable bonds is 6. The highest BCUT2D eigenvalue weighted by Gasteiger charge is 2.23. The molecule has 0 radical (unpaired) electrons. The van der Waals surface area contributed by atoms with Crippen LogP contribution in [-0.4, -0.2) is 80.8 Å². The highest BCUT2D eigenvalue weighted by molar-refractivity contribution is 5.30. The summed E-state index contributed by atoms with van der Waals surface area (Å²) in [5.41, 5.74) is 5.57. The SMILES string of the molecule is CC(C)(O)CN1CCN(CC(O)Cn2cc(N)cn2)CC1. The van der Waals surface area contributed by atoms with Crippen LogP contribution in [-0.2, 0) is 6.54 Å². The molecule has 21 heavy (non-hydrogen) atoms. The van der Waals surface area contributed by atoms with Gasteiger partial charge in [0.25, 0.3) is 0 Å². The minimum Gasteiger partial charge on any atom is -0.396 e. The molecule has 4 N–H and O–H groups in total. The van der Waals surface area contributed by atoms with Gasteiger partial charge < -0.3 is 15.9 Å². The maximum atomic E-state index is 10.1. The molecule has 1 aliphatic rings. The van der Waals surface area contributed by atoms with Crippen molar-refractivity contribution in [2.75, 3.05) is 45.0 Å².